The van der Waals surface area contributed by atoms with E-state index in [4.69, 9.17) is 11.6 Å². The van der Waals surface area contributed by atoms with Crippen molar-refractivity contribution in [1.82, 2.24) is 10.2 Å². The van der Waals surface area contributed by atoms with E-state index in [-0.39, 0.29) is 12.1 Å². The SMILES string of the molecule is CN(C)[C@H](CNC(=O)Nc1ccc(Cl)cc1)Cc1ccccc1. The van der Waals surface area contributed by atoms with Crippen LogP contribution in [0.15, 0.2) is 54.6 Å². The van der Waals surface area contributed by atoms with Crippen LogP contribution in [0, 0.1) is 0 Å². The lowest BCUT2D eigenvalue weighted by Crippen LogP contribution is -2.43. The molecule has 0 saturated heterocycles. The molecule has 2 aromatic carbocycles. The predicted molar refractivity (Wildman–Crippen MR) is 96.1 cm³/mol. The van der Waals surface area contributed by atoms with E-state index in [2.05, 4.69) is 27.7 Å². The number of amides is 2. The van der Waals surface area contributed by atoms with Gasteiger partial charge in [-0.05, 0) is 50.3 Å². The van der Waals surface area contributed by atoms with Crippen LogP contribution in [-0.4, -0.2) is 37.6 Å². The van der Waals surface area contributed by atoms with Crippen molar-refractivity contribution in [3.05, 3.63) is 65.2 Å². The van der Waals surface area contributed by atoms with Gasteiger partial charge >= 0.3 is 6.03 Å². The summed E-state index contributed by atoms with van der Waals surface area (Å²) < 4.78 is 0. The molecule has 0 aliphatic carbocycles. The number of likely N-dealkylation sites (N-methyl/N-ethyl adjacent to an activating group) is 1. The fourth-order valence-corrected chi connectivity index (χ4v) is 2.37. The molecule has 0 fully saturated rings. The van der Waals surface area contributed by atoms with Gasteiger partial charge in [0.25, 0.3) is 0 Å². The molecule has 1 atom stereocenters. The summed E-state index contributed by atoms with van der Waals surface area (Å²) >= 11 is 5.83. The first-order chi connectivity index (χ1) is 11.0. The molecular weight excluding hydrogens is 310 g/mol. The fourth-order valence-electron chi connectivity index (χ4n) is 2.24. The Morgan fingerprint density at radius 1 is 1.09 bits per heavy atom. The number of nitrogens with zero attached hydrogens (tertiary/aromatic N) is 1. The molecule has 0 unspecified atom stereocenters. The van der Waals surface area contributed by atoms with Gasteiger partial charge in [0.2, 0.25) is 0 Å². The van der Waals surface area contributed by atoms with Crippen molar-refractivity contribution in [2.24, 2.45) is 0 Å². The Kier molecular flexibility index (Phi) is 6.44. The highest BCUT2D eigenvalue weighted by Crippen LogP contribution is 2.13. The lowest BCUT2D eigenvalue weighted by molar-refractivity contribution is 0.242. The van der Waals surface area contributed by atoms with E-state index in [0.717, 1.165) is 12.1 Å². The Morgan fingerprint density at radius 2 is 1.74 bits per heavy atom. The van der Waals surface area contributed by atoms with Crippen LogP contribution >= 0.6 is 11.6 Å². The minimum atomic E-state index is -0.216. The fraction of sp³-hybridized carbons (Fsp3) is 0.278. The summed E-state index contributed by atoms with van der Waals surface area (Å²) in [6.45, 7) is 0.571. The second kappa shape index (κ2) is 8.56. The zero-order valence-corrected chi connectivity index (χ0v) is 14.2. The summed E-state index contributed by atoms with van der Waals surface area (Å²) in [7, 11) is 4.04. The smallest absolute Gasteiger partial charge is 0.319 e. The molecule has 2 rings (SSSR count). The summed E-state index contributed by atoms with van der Waals surface area (Å²) in [5.74, 6) is 0. The number of anilines is 1. The molecule has 122 valence electrons. The normalized spacial score (nSPS) is 12.0. The maximum atomic E-state index is 12.0. The molecule has 5 heteroatoms. The first-order valence-electron chi connectivity index (χ1n) is 7.55. The van der Waals surface area contributed by atoms with Crippen LogP contribution in [0.25, 0.3) is 0 Å². The summed E-state index contributed by atoms with van der Waals surface area (Å²) in [5.41, 5.74) is 1.97. The van der Waals surface area contributed by atoms with Gasteiger partial charge in [-0.25, -0.2) is 4.79 Å². The minimum absolute atomic E-state index is 0.216. The van der Waals surface area contributed by atoms with Crippen LogP contribution in [0.4, 0.5) is 10.5 Å². The lowest BCUT2D eigenvalue weighted by atomic mass is 10.1. The Labute approximate surface area is 142 Å². The lowest BCUT2D eigenvalue weighted by Gasteiger charge is -2.24. The summed E-state index contributed by atoms with van der Waals surface area (Å²) in [5, 5.41) is 6.37. The van der Waals surface area contributed by atoms with Crippen LogP contribution in [0.1, 0.15) is 5.56 Å². The molecule has 0 aliphatic heterocycles. The topological polar surface area (TPSA) is 44.4 Å². The van der Waals surface area contributed by atoms with Crippen molar-refractivity contribution in [2.45, 2.75) is 12.5 Å². The third kappa shape index (κ3) is 5.93. The number of nitrogens with one attached hydrogen (secondary N) is 2. The van der Waals surface area contributed by atoms with Gasteiger partial charge in [-0.1, -0.05) is 41.9 Å². The average Bonchev–Trinajstić information content (AvgIpc) is 2.54. The van der Waals surface area contributed by atoms with Crippen LogP contribution in [0.5, 0.6) is 0 Å². The number of benzene rings is 2. The van der Waals surface area contributed by atoms with Gasteiger partial charge in [-0.3, -0.25) is 0 Å². The summed E-state index contributed by atoms with van der Waals surface area (Å²) in [4.78, 5) is 14.1. The first kappa shape index (κ1) is 17.3. The quantitative estimate of drug-likeness (QED) is 0.849. The maximum absolute atomic E-state index is 12.0. The third-order valence-electron chi connectivity index (χ3n) is 3.64. The third-order valence-corrected chi connectivity index (χ3v) is 3.90. The van der Waals surface area contributed by atoms with E-state index in [1.807, 2.05) is 32.3 Å². The molecule has 0 spiro atoms. The van der Waals surface area contributed by atoms with E-state index >= 15 is 0 Å². The van der Waals surface area contributed by atoms with Crippen molar-refractivity contribution >= 4 is 23.3 Å². The Balaban J connectivity index is 1.85. The van der Waals surface area contributed by atoms with Crippen molar-refractivity contribution in [1.29, 1.82) is 0 Å². The van der Waals surface area contributed by atoms with Crippen LogP contribution in [0.2, 0.25) is 5.02 Å². The largest absolute Gasteiger partial charge is 0.336 e. The highest BCUT2D eigenvalue weighted by molar-refractivity contribution is 6.30. The Morgan fingerprint density at radius 3 is 2.35 bits per heavy atom. The molecule has 0 radical (unpaired) electrons. The number of carbonyl (C=O) groups excluding carboxylic acids is 1. The van der Waals surface area contributed by atoms with Gasteiger partial charge in [0.05, 0.1) is 0 Å². The highest BCUT2D eigenvalue weighted by atomic mass is 35.5. The molecule has 23 heavy (non-hydrogen) atoms. The van der Waals surface area contributed by atoms with Crippen LogP contribution in [0.3, 0.4) is 0 Å². The molecule has 2 aromatic rings. The van der Waals surface area contributed by atoms with Crippen LogP contribution in [-0.2, 0) is 6.42 Å². The predicted octanol–water partition coefficient (Wildman–Crippen LogP) is 3.63. The Hall–Kier alpha value is -2.04. The Bertz CT molecular complexity index is 614. The number of urea groups is 1. The minimum Gasteiger partial charge on any atom is -0.336 e. The van der Waals surface area contributed by atoms with Gasteiger partial charge in [-0.2, -0.15) is 0 Å². The van der Waals surface area contributed by atoms with Gasteiger partial charge in [0, 0.05) is 23.3 Å². The molecule has 2 N–H and O–H groups in total. The molecule has 2 amide bonds. The van der Waals surface area contributed by atoms with Crippen molar-refractivity contribution in [2.75, 3.05) is 26.0 Å². The van der Waals surface area contributed by atoms with Gasteiger partial charge < -0.3 is 15.5 Å². The molecule has 0 aliphatic rings. The van der Waals surface area contributed by atoms with E-state index in [9.17, 15) is 4.79 Å². The van der Waals surface area contributed by atoms with E-state index in [1.165, 1.54) is 5.56 Å². The molecule has 0 bridgehead atoms. The number of hydrogen-bond donors (Lipinski definition) is 2. The molecule has 0 saturated carbocycles. The van der Waals surface area contributed by atoms with Gasteiger partial charge in [0.15, 0.2) is 0 Å². The maximum Gasteiger partial charge on any atom is 0.319 e. The first-order valence-corrected chi connectivity index (χ1v) is 7.93. The zero-order chi connectivity index (χ0) is 16.7. The molecule has 4 nitrogen and oxygen atoms in total. The molecule has 0 heterocycles. The zero-order valence-electron chi connectivity index (χ0n) is 13.4. The molecular formula is C18H22ClN3O. The number of carbonyl (C=O) groups is 1. The number of hydrogen-bond acceptors (Lipinski definition) is 2. The van der Waals surface area contributed by atoms with Crippen molar-refractivity contribution in [3.8, 4) is 0 Å². The van der Waals surface area contributed by atoms with E-state index < -0.39 is 0 Å². The highest BCUT2D eigenvalue weighted by Gasteiger charge is 2.13. The standard InChI is InChI=1S/C18H22ClN3O/c1-22(2)17(12-14-6-4-3-5-7-14)13-20-18(23)21-16-10-8-15(19)9-11-16/h3-11,17H,12-13H2,1-2H3,(H2,20,21,23)/t17-/m0/s1. The van der Waals surface area contributed by atoms with Gasteiger partial charge in [0.1, 0.15) is 0 Å². The van der Waals surface area contributed by atoms with Crippen LogP contribution < -0.4 is 10.6 Å². The monoisotopic (exact) mass is 331 g/mol. The van der Waals surface area contributed by atoms with Crippen molar-refractivity contribution in [3.63, 3.8) is 0 Å². The van der Waals surface area contributed by atoms with Gasteiger partial charge in [-0.15, -0.1) is 0 Å². The second-order valence-corrected chi connectivity index (χ2v) is 6.09. The summed E-state index contributed by atoms with van der Waals surface area (Å²) in [6.07, 6.45) is 0.884. The summed E-state index contributed by atoms with van der Waals surface area (Å²) in [6, 6.07) is 17.3. The number of rotatable bonds is 6. The average molecular weight is 332 g/mol. The second-order valence-electron chi connectivity index (χ2n) is 5.65. The number of halogens is 1. The van der Waals surface area contributed by atoms with Crippen molar-refractivity contribution < 1.29 is 4.79 Å². The van der Waals surface area contributed by atoms with E-state index in [0.29, 0.717) is 11.6 Å². The van der Waals surface area contributed by atoms with E-state index in [1.54, 1.807) is 24.3 Å². The molecule has 0 aromatic heterocycles.